The van der Waals surface area contributed by atoms with Crippen LogP contribution in [-0.2, 0) is 4.79 Å². The summed E-state index contributed by atoms with van der Waals surface area (Å²) >= 11 is 6.45. The molecule has 1 saturated heterocycles. The molecule has 25 heavy (non-hydrogen) atoms. The van der Waals surface area contributed by atoms with Gasteiger partial charge in [0.15, 0.2) is 0 Å². The van der Waals surface area contributed by atoms with Crippen LogP contribution in [0.3, 0.4) is 0 Å². The lowest BCUT2D eigenvalue weighted by Gasteiger charge is -2.23. The molecule has 1 fully saturated rings. The summed E-state index contributed by atoms with van der Waals surface area (Å²) in [6.07, 6.45) is 15.7. The molecule has 0 amide bonds. The molecule has 1 aliphatic rings. The third-order valence-electron chi connectivity index (χ3n) is 4.69. The van der Waals surface area contributed by atoms with E-state index in [9.17, 15) is 9.90 Å². The number of unbranched alkanes of at least 4 members (excludes halogenated alkanes) is 3. The number of hydrogen-bond donors (Lipinski definition) is 2. The van der Waals surface area contributed by atoms with Crippen molar-refractivity contribution in [3.63, 3.8) is 0 Å². The maximum atomic E-state index is 10.5. The number of aliphatic carboxylic acids is 1. The number of nitrogens with zero attached hydrogens (tertiary/aromatic N) is 1. The van der Waals surface area contributed by atoms with Crippen molar-refractivity contribution in [2.24, 2.45) is 0 Å². The molecule has 3 atom stereocenters. The van der Waals surface area contributed by atoms with Crippen LogP contribution in [0.2, 0.25) is 0 Å². The topological polar surface area (TPSA) is 60.8 Å². The summed E-state index contributed by atoms with van der Waals surface area (Å²) in [5, 5.41) is 18.7. The summed E-state index contributed by atoms with van der Waals surface area (Å²) < 4.78 is 0. The summed E-state index contributed by atoms with van der Waals surface area (Å²) in [6, 6.07) is 0.319. The van der Waals surface area contributed by atoms with Crippen LogP contribution in [0.4, 0.5) is 0 Å². The summed E-state index contributed by atoms with van der Waals surface area (Å²) in [6.45, 7) is 3.98. The van der Waals surface area contributed by atoms with Crippen molar-refractivity contribution in [3.05, 3.63) is 24.3 Å². The second-order valence-corrected chi connectivity index (χ2v) is 7.41. The molecule has 0 spiro atoms. The van der Waals surface area contributed by atoms with E-state index in [0.717, 1.165) is 45.2 Å². The molecule has 1 rings (SSSR count). The minimum atomic E-state index is -0.736. The third-order valence-corrected chi connectivity index (χ3v) is 5.19. The molecular formula is C20H34ClNO3. The van der Waals surface area contributed by atoms with Crippen molar-refractivity contribution < 1.29 is 15.0 Å². The van der Waals surface area contributed by atoms with E-state index in [2.05, 4.69) is 30.1 Å². The van der Waals surface area contributed by atoms with Gasteiger partial charge >= 0.3 is 5.97 Å². The number of carboxylic acid groups (broad SMARTS) is 1. The zero-order valence-electron chi connectivity index (χ0n) is 15.4. The molecule has 0 radical (unpaired) electrons. The maximum Gasteiger partial charge on any atom is 0.303 e. The zero-order chi connectivity index (χ0) is 18.5. The first-order valence-corrected chi connectivity index (χ1v) is 10.1. The van der Waals surface area contributed by atoms with Gasteiger partial charge in [0.05, 0.1) is 11.5 Å². The molecule has 0 aromatic rings. The number of likely N-dealkylation sites (tertiary alicyclic amines) is 1. The molecule has 2 N–H and O–H groups in total. The van der Waals surface area contributed by atoms with Crippen LogP contribution >= 0.6 is 11.6 Å². The van der Waals surface area contributed by atoms with Crippen molar-refractivity contribution in [1.29, 1.82) is 0 Å². The molecule has 0 aromatic heterocycles. The lowest BCUT2D eigenvalue weighted by molar-refractivity contribution is -0.137. The summed E-state index contributed by atoms with van der Waals surface area (Å²) in [7, 11) is 0. The van der Waals surface area contributed by atoms with Crippen LogP contribution in [0, 0.1) is 0 Å². The second-order valence-electron chi connectivity index (χ2n) is 6.85. The maximum absolute atomic E-state index is 10.5. The molecule has 0 aromatic carbocycles. The van der Waals surface area contributed by atoms with Gasteiger partial charge in [0.2, 0.25) is 0 Å². The van der Waals surface area contributed by atoms with E-state index in [-0.39, 0.29) is 17.9 Å². The molecular weight excluding hydrogens is 338 g/mol. The van der Waals surface area contributed by atoms with Crippen molar-refractivity contribution in [2.75, 3.05) is 13.1 Å². The number of allylic oxidation sites excluding steroid dienone is 1. The molecule has 1 heterocycles. The van der Waals surface area contributed by atoms with E-state index < -0.39 is 5.97 Å². The molecule has 1 aliphatic heterocycles. The van der Waals surface area contributed by atoms with Crippen molar-refractivity contribution in [3.8, 4) is 0 Å². The van der Waals surface area contributed by atoms with Gasteiger partial charge in [-0.1, -0.05) is 50.5 Å². The smallest absolute Gasteiger partial charge is 0.303 e. The van der Waals surface area contributed by atoms with Crippen molar-refractivity contribution in [2.45, 2.75) is 82.2 Å². The predicted octanol–water partition coefficient (Wildman–Crippen LogP) is 4.37. The van der Waals surface area contributed by atoms with Crippen LogP contribution in [0.5, 0.6) is 0 Å². The number of aliphatic hydroxyl groups is 1. The summed E-state index contributed by atoms with van der Waals surface area (Å²) in [4.78, 5) is 12.8. The Labute approximate surface area is 157 Å². The van der Waals surface area contributed by atoms with Gasteiger partial charge in [-0.25, -0.2) is 0 Å². The van der Waals surface area contributed by atoms with Gasteiger partial charge in [0, 0.05) is 25.6 Å². The Bertz CT molecular complexity index is 425. The number of hydrogen-bond acceptors (Lipinski definition) is 3. The van der Waals surface area contributed by atoms with Gasteiger partial charge in [0.1, 0.15) is 0 Å². The minimum Gasteiger partial charge on any atom is -0.481 e. The lowest BCUT2D eigenvalue weighted by atomic mass is 10.1. The Morgan fingerprint density at radius 3 is 2.80 bits per heavy atom. The summed E-state index contributed by atoms with van der Waals surface area (Å²) in [5.41, 5.74) is 0. The highest BCUT2D eigenvalue weighted by Crippen LogP contribution is 2.25. The number of carboxylic acids is 1. The van der Waals surface area contributed by atoms with Crippen LogP contribution in [0.25, 0.3) is 0 Å². The molecule has 1 unspecified atom stereocenters. The first-order chi connectivity index (χ1) is 12.0. The number of rotatable bonds is 13. The van der Waals surface area contributed by atoms with Crippen molar-refractivity contribution in [1.82, 2.24) is 4.90 Å². The predicted molar refractivity (Wildman–Crippen MR) is 104 cm³/mol. The SMILES string of the molecule is CCCCCC(O)C=CCN1CC[C@@H](Cl)[C@@H]1CC=CCCCC(=O)O. The number of aliphatic hydroxyl groups excluding tert-OH is 1. The Hall–Kier alpha value is -0.840. The van der Waals surface area contributed by atoms with Crippen LogP contribution in [0.15, 0.2) is 24.3 Å². The van der Waals surface area contributed by atoms with E-state index in [0.29, 0.717) is 12.5 Å². The van der Waals surface area contributed by atoms with Crippen molar-refractivity contribution >= 4 is 17.6 Å². The highest BCUT2D eigenvalue weighted by molar-refractivity contribution is 6.21. The Morgan fingerprint density at radius 2 is 2.08 bits per heavy atom. The van der Waals surface area contributed by atoms with Crippen LogP contribution in [0.1, 0.15) is 64.7 Å². The molecule has 0 aliphatic carbocycles. The first kappa shape index (κ1) is 22.2. The highest BCUT2D eigenvalue weighted by Gasteiger charge is 2.30. The standard InChI is InChI=1S/C20H34ClNO3/c1-2-3-6-10-17(23)11-9-15-22-16-14-18(21)19(22)12-7-4-5-8-13-20(24)25/h4,7,9,11,17-19,23H,2-3,5-6,8,10,12-16H2,1H3,(H,24,25)/t17?,18-,19+/m1/s1. The fraction of sp³-hybridized carbons (Fsp3) is 0.750. The normalized spacial score (nSPS) is 23.0. The van der Waals surface area contributed by atoms with Crippen LogP contribution in [-0.4, -0.2) is 51.7 Å². The van der Waals surface area contributed by atoms with E-state index in [1.165, 1.54) is 12.8 Å². The molecule has 0 saturated carbocycles. The van der Waals surface area contributed by atoms with Gasteiger partial charge in [0.25, 0.3) is 0 Å². The fourth-order valence-electron chi connectivity index (χ4n) is 3.18. The fourth-order valence-corrected chi connectivity index (χ4v) is 3.54. The monoisotopic (exact) mass is 371 g/mol. The van der Waals surface area contributed by atoms with E-state index in [4.69, 9.17) is 16.7 Å². The highest BCUT2D eigenvalue weighted by atomic mass is 35.5. The quantitative estimate of drug-likeness (QED) is 0.287. The minimum absolute atomic E-state index is 0.159. The second kappa shape index (κ2) is 13.4. The number of alkyl halides is 1. The van der Waals surface area contributed by atoms with E-state index in [1.54, 1.807) is 0 Å². The average molecular weight is 372 g/mol. The summed E-state index contributed by atoms with van der Waals surface area (Å²) in [5.74, 6) is -0.736. The molecule has 5 heteroatoms. The van der Waals surface area contributed by atoms with Gasteiger partial charge < -0.3 is 10.2 Å². The van der Waals surface area contributed by atoms with Crippen LogP contribution < -0.4 is 0 Å². The molecule has 4 nitrogen and oxygen atoms in total. The van der Waals surface area contributed by atoms with Gasteiger partial charge in [-0.15, -0.1) is 11.6 Å². The Kier molecular flexibility index (Phi) is 11.9. The largest absolute Gasteiger partial charge is 0.481 e. The zero-order valence-corrected chi connectivity index (χ0v) is 16.2. The van der Waals surface area contributed by atoms with Gasteiger partial charge in [-0.3, -0.25) is 9.69 Å². The Balaban J connectivity index is 2.30. The van der Waals surface area contributed by atoms with E-state index >= 15 is 0 Å². The number of halogens is 1. The number of carbonyl (C=O) groups is 1. The van der Waals surface area contributed by atoms with Gasteiger partial charge in [-0.2, -0.15) is 0 Å². The third kappa shape index (κ3) is 10.0. The first-order valence-electron chi connectivity index (χ1n) is 9.64. The average Bonchev–Trinajstić information content (AvgIpc) is 2.91. The van der Waals surface area contributed by atoms with E-state index in [1.807, 2.05) is 6.08 Å². The van der Waals surface area contributed by atoms with Gasteiger partial charge in [-0.05, 0) is 32.1 Å². The lowest BCUT2D eigenvalue weighted by Crippen LogP contribution is -2.33. The molecule has 0 bridgehead atoms. The molecule has 144 valence electrons. The Morgan fingerprint density at radius 1 is 1.28 bits per heavy atom.